The summed E-state index contributed by atoms with van der Waals surface area (Å²) in [5.74, 6) is -2.23. The number of esters is 1. The standard InChI is InChI=1S/C16H16N4O6/c1-10(14(22)19-8-7-17-15(19)23)25-12(21)9-20-16(24)26-13(18-20)11-5-3-2-4-6-11/h2-6,10H,7-9H2,1H3,(H,17,23)/t10-/m1/s1. The number of carbonyl (C=O) groups is 3. The van der Waals surface area contributed by atoms with Crippen molar-refractivity contribution in [2.75, 3.05) is 13.1 Å². The summed E-state index contributed by atoms with van der Waals surface area (Å²) in [6.07, 6.45) is -1.16. The van der Waals surface area contributed by atoms with Crippen molar-refractivity contribution in [2.45, 2.75) is 19.6 Å². The van der Waals surface area contributed by atoms with Crippen LogP contribution in [-0.4, -0.2) is 51.8 Å². The maximum absolute atomic E-state index is 12.1. The summed E-state index contributed by atoms with van der Waals surface area (Å²) in [6.45, 7) is 1.40. The second-order valence-corrected chi connectivity index (χ2v) is 5.55. The molecule has 0 unspecified atom stereocenters. The molecule has 1 fully saturated rings. The highest BCUT2D eigenvalue weighted by Crippen LogP contribution is 2.14. The van der Waals surface area contributed by atoms with Gasteiger partial charge in [0.25, 0.3) is 5.91 Å². The lowest BCUT2D eigenvalue weighted by molar-refractivity contribution is -0.158. The number of hydrogen-bond donors (Lipinski definition) is 1. The summed E-state index contributed by atoms with van der Waals surface area (Å²) in [7, 11) is 0. The number of urea groups is 1. The lowest BCUT2D eigenvalue weighted by Crippen LogP contribution is -2.42. The molecule has 2 heterocycles. The van der Waals surface area contributed by atoms with E-state index in [-0.39, 0.29) is 12.4 Å². The van der Waals surface area contributed by atoms with Crippen LogP contribution < -0.4 is 11.1 Å². The topological polar surface area (TPSA) is 124 Å². The zero-order valence-corrected chi connectivity index (χ0v) is 13.9. The van der Waals surface area contributed by atoms with Crippen molar-refractivity contribution in [2.24, 2.45) is 0 Å². The molecule has 3 rings (SSSR count). The lowest BCUT2D eigenvalue weighted by atomic mass is 10.2. The van der Waals surface area contributed by atoms with Crippen LogP contribution in [0.15, 0.2) is 39.5 Å². The number of ether oxygens (including phenoxy) is 1. The molecular formula is C16H16N4O6. The van der Waals surface area contributed by atoms with Gasteiger partial charge in [-0.25, -0.2) is 9.59 Å². The van der Waals surface area contributed by atoms with Crippen LogP contribution in [0.1, 0.15) is 6.92 Å². The van der Waals surface area contributed by atoms with E-state index in [0.717, 1.165) is 9.58 Å². The van der Waals surface area contributed by atoms with Crippen molar-refractivity contribution in [1.82, 2.24) is 20.0 Å². The summed E-state index contributed by atoms with van der Waals surface area (Å²) in [4.78, 5) is 48.3. The molecule has 1 saturated heterocycles. The minimum Gasteiger partial charge on any atom is -0.451 e. The van der Waals surface area contributed by atoms with E-state index in [0.29, 0.717) is 12.1 Å². The van der Waals surface area contributed by atoms with Crippen LogP contribution in [-0.2, 0) is 20.9 Å². The van der Waals surface area contributed by atoms with Gasteiger partial charge in [0.15, 0.2) is 6.10 Å². The van der Waals surface area contributed by atoms with Crippen LogP contribution in [0.4, 0.5) is 4.79 Å². The SMILES string of the molecule is C[C@@H](OC(=O)Cn1nc(-c2ccccc2)oc1=O)C(=O)N1CCNC1=O. The fourth-order valence-electron chi connectivity index (χ4n) is 2.41. The van der Waals surface area contributed by atoms with Gasteiger partial charge in [-0.05, 0) is 19.1 Å². The maximum atomic E-state index is 12.1. The van der Waals surface area contributed by atoms with Gasteiger partial charge in [0.2, 0.25) is 5.89 Å². The highest BCUT2D eigenvalue weighted by Gasteiger charge is 2.31. The van der Waals surface area contributed by atoms with Crippen LogP contribution in [0.25, 0.3) is 11.5 Å². The third-order valence-electron chi connectivity index (χ3n) is 3.68. The zero-order chi connectivity index (χ0) is 18.7. The average molecular weight is 360 g/mol. The monoisotopic (exact) mass is 360 g/mol. The molecule has 136 valence electrons. The first-order chi connectivity index (χ1) is 12.5. The first kappa shape index (κ1) is 17.4. The normalized spacial score (nSPS) is 14.8. The molecular weight excluding hydrogens is 344 g/mol. The Hall–Kier alpha value is -3.43. The molecule has 1 aromatic carbocycles. The van der Waals surface area contributed by atoms with Gasteiger partial charge in [-0.15, -0.1) is 5.10 Å². The van der Waals surface area contributed by atoms with Crippen molar-refractivity contribution in [3.8, 4) is 11.5 Å². The molecule has 0 radical (unpaired) electrons. The Labute approximate surface area is 147 Å². The fourth-order valence-corrected chi connectivity index (χ4v) is 2.41. The van der Waals surface area contributed by atoms with Crippen molar-refractivity contribution < 1.29 is 23.5 Å². The Morgan fingerprint density at radius 1 is 1.31 bits per heavy atom. The molecule has 1 aromatic heterocycles. The number of hydrogen-bond acceptors (Lipinski definition) is 7. The average Bonchev–Trinajstić information content (AvgIpc) is 3.21. The predicted molar refractivity (Wildman–Crippen MR) is 86.9 cm³/mol. The Kier molecular flexibility index (Phi) is 4.83. The summed E-state index contributed by atoms with van der Waals surface area (Å²) in [6, 6.07) is 8.19. The summed E-state index contributed by atoms with van der Waals surface area (Å²) in [5.41, 5.74) is 0.584. The maximum Gasteiger partial charge on any atom is 0.437 e. The van der Waals surface area contributed by atoms with E-state index in [2.05, 4.69) is 10.4 Å². The van der Waals surface area contributed by atoms with Gasteiger partial charge in [-0.3, -0.25) is 14.5 Å². The van der Waals surface area contributed by atoms with Crippen molar-refractivity contribution in [3.63, 3.8) is 0 Å². The molecule has 0 bridgehead atoms. The van der Waals surface area contributed by atoms with Gasteiger partial charge in [0, 0.05) is 18.7 Å². The minimum atomic E-state index is -1.16. The Bertz CT molecular complexity index is 888. The van der Waals surface area contributed by atoms with E-state index >= 15 is 0 Å². The van der Waals surface area contributed by atoms with Crippen LogP contribution >= 0.6 is 0 Å². The molecule has 26 heavy (non-hydrogen) atoms. The highest BCUT2D eigenvalue weighted by atomic mass is 16.5. The Morgan fingerprint density at radius 2 is 2.04 bits per heavy atom. The van der Waals surface area contributed by atoms with Crippen molar-refractivity contribution in [1.29, 1.82) is 0 Å². The van der Waals surface area contributed by atoms with E-state index in [4.69, 9.17) is 9.15 Å². The van der Waals surface area contributed by atoms with Gasteiger partial charge in [-0.1, -0.05) is 18.2 Å². The second kappa shape index (κ2) is 7.21. The number of amides is 3. The number of carbonyl (C=O) groups excluding carboxylic acids is 3. The van der Waals surface area contributed by atoms with Gasteiger partial charge >= 0.3 is 17.8 Å². The number of imide groups is 1. The molecule has 10 nitrogen and oxygen atoms in total. The highest BCUT2D eigenvalue weighted by molar-refractivity contribution is 5.98. The van der Waals surface area contributed by atoms with Crippen LogP contribution in [0.2, 0.25) is 0 Å². The molecule has 2 aromatic rings. The predicted octanol–water partition coefficient (Wildman–Crippen LogP) is -0.0132. The van der Waals surface area contributed by atoms with Gasteiger partial charge in [0.1, 0.15) is 6.54 Å². The van der Waals surface area contributed by atoms with Crippen LogP contribution in [0.5, 0.6) is 0 Å². The van der Waals surface area contributed by atoms with Crippen LogP contribution in [0.3, 0.4) is 0 Å². The molecule has 1 aliphatic heterocycles. The summed E-state index contributed by atoms with van der Waals surface area (Å²) < 4.78 is 10.8. The van der Waals surface area contributed by atoms with Crippen molar-refractivity contribution >= 4 is 17.9 Å². The molecule has 1 N–H and O–H groups in total. The number of rotatable bonds is 5. The molecule has 0 aliphatic carbocycles. The van der Waals surface area contributed by atoms with E-state index < -0.39 is 36.3 Å². The van der Waals surface area contributed by atoms with Gasteiger partial charge in [0.05, 0.1) is 0 Å². The third kappa shape index (κ3) is 3.63. The van der Waals surface area contributed by atoms with E-state index in [1.807, 2.05) is 0 Å². The minimum absolute atomic E-state index is 0.0706. The van der Waals surface area contributed by atoms with Crippen LogP contribution in [0, 0.1) is 0 Å². The van der Waals surface area contributed by atoms with Gasteiger partial charge < -0.3 is 14.5 Å². The quantitative estimate of drug-likeness (QED) is 0.744. The van der Waals surface area contributed by atoms with E-state index in [1.54, 1.807) is 30.3 Å². The molecule has 10 heteroatoms. The molecule has 1 atom stereocenters. The number of aromatic nitrogens is 2. The number of nitrogens with zero attached hydrogens (tertiary/aromatic N) is 3. The second-order valence-electron chi connectivity index (χ2n) is 5.55. The molecule has 3 amide bonds. The third-order valence-corrected chi connectivity index (χ3v) is 3.68. The first-order valence-corrected chi connectivity index (χ1v) is 7.88. The fraction of sp³-hybridized carbons (Fsp3) is 0.312. The Balaban J connectivity index is 1.63. The van der Waals surface area contributed by atoms with E-state index in [9.17, 15) is 19.2 Å². The smallest absolute Gasteiger partial charge is 0.437 e. The lowest BCUT2D eigenvalue weighted by Gasteiger charge is -2.17. The van der Waals surface area contributed by atoms with Crippen molar-refractivity contribution in [3.05, 3.63) is 40.9 Å². The Morgan fingerprint density at radius 3 is 2.69 bits per heavy atom. The summed E-state index contributed by atoms with van der Waals surface area (Å²) >= 11 is 0. The molecule has 0 spiro atoms. The molecule has 1 aliphatic rings. The first-order valence-electron chi connectivity index (χ1n) is 7.88. The van der Waals surface area contributed by atoms with E-state index in [1.165, 1.54) is 6.92 Å². The van der Waals surface area contributed by atoms with Gasteiger partial charge in [-0.2, -0.15) is 4.68 Å². The summed E-state index contributed by atoms with van der Waals surface area (Å²) in [5, 5.41) is 6.42. The zero-order valence-electron chi connectivity index (χ0n) is 13.9. The number of nitrogens with one attached hydrogen (secondary N) is 1. The largest absolute Gasteiger partial charge is 0.451 e. The molecule has 0 saturated carbocycles. The number of benzene rings is 1.